The van der Waals surface area contributed by atoms with Crippen molar-refractivity contribution in [3.63, 3.8) is 0 Å². The summed E-state index contributed by atoms with van der Waals surface area (Å²) in [4.78, 5) is 0. The van der Waals surface area contributed by atoms with E-state index in [4.69, 9.17) is 10.5 Å². The van der Waals surface area contributed by atoms with Crippen molar-refractivity contribution in [2.45, 2.75) is 32.6 Å². The molecule has 0 heterocycles. The van der Waals surface area contributed by atoms with E-state index in [0.29, 0.717) is 12.3 Å². The fourth-order valence-electron chi connectivity index (χ4n) is 1.91. The first-order valence-electron chi connectivity index (χ1n) is 5.76. The van der Waals surface area contributed by atoms with E-state index < -0.39 is 6.43 Å². The highest BCUT2D eigenvalue weighted by Gasteiger charge is 2.18. The van der Waals surface area contributed by atoms with E-state index in [1.807, 2.05) is 6.92 Å². The van der Waals surface area contributed by atoms with E-state index in [9.17, 15) is 8.78 Å². The summed E-state index contributed by atoms with van der Waals surface area (Å²) in [5, 5.41) is 0. The van der Waals surface area contributed by atoms with Gasteiger partial charge in [-0.05, 0) is 49.9 Å². The summed E-state index contributed by atoms with van der Waals surface area (Å²) in [6, 6.07) is 3.16. The number of benzene rings is 1. The number of methoxy groups -OCH3 is 1. The van der Waals surface area contributed by atoms with Crippen molar-refractivity contribution in [2.24, 2.45) is 5.73 Å². The molecule has 1 aromatic rings. The van der Waals surface area contributed by atoms with Crippen LogP contribution >= 0.6 is 0 Å². The van der Waals surface area contributed by atoms with Gasteiger partial charge in [0.15, 0.2) is 0 Å². The van der Waals surface area contributed by atoms with Crippen LogP contribution in [0.5, 0.6) is 5.75 Å². The highest BCUT2D eigenvalue weighted by molar-refractivity contribution is 5.46. The van der Waals surface area contributed by atoms with Crippen LogP contribution in [0.25, 0.3) is 0 Å². The predicted molar refractivity (Wildman–Crippen MR) is 64.7 cm³/mol. The fourth-order valence-corrected chi connectivity index (χ4v) is 1.91. The lowest BCUT2D eigenvalue weighted by molar-refractivity contribution is 0.147. The van der Waals surface area contributed by atoms with Gasteiger partial charge < -0.3 is 10.5 Å². The Hall–Kier alpha value is -1.16. The molecule has 2 nitrogen and oxygen atoms in total. The Balaban J connectivity index is 3.03. The van der Waals surface area contributed by atoms with Crippen LogP contribution in [0.15, 0.2) is 12.1 Å². The van der Waals surface area contributed by atoms with Crippen molar-refractivity contribution in [1.29, 1.82) is 0 Å². The SMILES string of the molecule is COc1c(C(F)F)ccc(C)c1CCCCN. The third-order valence-electron chi connectivity index (χ3n) is 2.85. The first-order chi connectivity index (χ1) is 8.11. The van der Waals surface area contributed by atoms with Crippen LogP contribution in [0.3, 0.4) is 0 Å². The molecule has 0 amide bonds. The maximum absolute atomic E-state index is 12.8. The normalized spacial score (nSPS) is 10.9. The van der Waals surface area contributed by atoms with Gasteiger partial charge in [-0.15, -0.1) is 0 Å². The van der Waals surface area contributed by atoms with Gasteiger partial charge in [-0.3, -0.25) is 0 Å². The zero-order valence-corrected chi connectivity index (χ0v) is 10.3. The molecule has 0 aromatic heterocycles. The summed E-state index contributed by atoms with van der Waals surface area (Å²) in [7, 11) is 1.44. The minimum absolute atomic E-state index is 0.0270. The third-order valence-corrected chi connectivity index (χ3v) is 2.85. The Labute approximate surface area is 101 Å². The van der Waals surface area contributed by atoms with Gasteiger partial charge in [0.1, 0.15) is 5.75 Å². The van der Waals surface area contributed by atoms with Crippen LogP contribution in [-0.4, -0.2) is 13.7 Å². The van der Waals surface area contributed by atoms with Crippen LogP contribution in [0.2, 0.25) is 0 Å². The lowest BCUT2D eigenvalue weighted by Gasteiger charge is -2.15. The van der Waals surface area contributed by atoms with Crippen molar-refractivity contribution in [3.8, 4) is 5.75 Å². The summed E-state index contributed by atoms with van der Waals surface area (Å²) in [5.74, 6) is 0.331. The maximum atomic E-state index is 12.8. The molecule has 0 atom stereocenters. The van der Waals surface area contributed by atoms with Crippen molar-refractivity contribution in [2.75, 3.05) is 13.7 Å². The fraction of sp³-hybridized carbons (Fsp3) is 0.538. The molecule has 0 bridgehead atoms. The summed E-state index contributed by atoms with van der Waals surface area (Å²) in [6.07, 6.45) is 0.00749. The summed E-state index contributed by atoms with van der Waals surface area (Å²) >= 11 is 0. The quantitative estimate of drug-likeness (QED) is 0.778. The van der Waals surface area contributed by atoms with E-state index in [2.05, 4.69) is 0 Å². The first-order valence-corrected chi connectivity index (χ1v) is 5.76. The lowest BCUT2D eigenvalue weighted by atomic mass is 9.98. The number of ether oxygens (including phenoxy) is 1. The van der Waals surface area contributed by atoms with Gasteiger partial charge in [-0.2, -0.15) is 0 Å². The second-order valence-electron chi connectivity index (χ2n) is 4.03. The van der Waals surface area contributed by atoms with Crippen LogP contribution in [-0.2, 0) is 6.42 Å². The van der Waals surface area contributed by atoms with Crippen LogP contribution < -0.4 is 10.5 Å². The van der Waals surface area contributed by atoms with Crippen molar-refractivity contribution >= 4 is 0 Å². The van der Waals surface area contributed by atoms with E-state index in [-0.39, 0.29) is 5.56 Å². The Kier molecular flexibility index (Phi) is 5.35. The van der Waals surface area contributed by atoms with Gasteiger partial charge in [0.05, 0.1) is 12.7 Å². The number of halogens is 2. The predicted octanol–water partition coefficient (Wildman–Crippen LogP) is 3.22. The van der Waals surface area contributed by atoms with Crippen molar-refractivity contribution in [1.82, 2.24) is 0 Å². The molecule has 0 aliphatic rings. The van der Waals surface area contributed by atoms with Crippen LogP contribution in [0, 0.1) is 6.92 Å². The zero-order valence-electron chi connectivity index (χ0n) is 10.3. The molecule has 1 aromatic carbocycles. The summed E-state index contributed by atoms with van der Waals surface area (Å²) in [5.41, 5.74) is 7.26. The first kappa shape index (κ1) is 13.9. The molecule has 4 heteroatoms. The molecule has 0 radical (unpaired) electrons. The highest BCUT2D eigenvalue weighted by atomic mass is 19.3. The van der Waals surface area contributed by atoms with E-state index in [1.165, 1.54) is 13.2 Å². The van der Waals surface area contributed by atoms with Crippen molar-refractivity contribution < 1.29 is 13.5 Å². The molecule has 0 fully saturated rings. The Morgan fingerprint density at radius 3 is 2.53 bits per heavy atom. The molecule has 0 saturated heterocycles. The second kappa shape index (κ2) is 6.55. The number of unbranched alkanes of at least 4 members (excludes halogenated alkanes) is 1. The second-order valence-corrected chi connectivity index (χ2v) is 4.03. The Morgan fingerprint density at radius 2 is 2.00 bits per heavy atom. The number of aryl methyl sites for hydroxylation is 1. The summed E-state index contributed by atoms with van der Waals surface area (Å²) < 4.78 is 30.8. The largest absolute Gasteiger partial charge is 0.496 e. The highest BCUT2D eigenvalue weighted by Crippen LogP contribution is 2.34. The molecule has 0 aliphatic carbocycles. The van der Waals surface area contributed by atoms with Gasteiger partial charge in [-0.1, -0.05) is 6.07 Å². The molecule has 0 saturated carbocycles. The van der Waals surface area contributed by atoms with Gasteiger partial charge in [0.25, 0.3) is 6.43 Å². The van der Waals surface area contributed by atoms with Crippen LogP contribution in [0.4, 0.5) is 8.78 Å². The van der Waals surface area contributed by atoms with Gasteiger partial charge in [0.2, 0.25) is 0 Å². The molecule has 1 rings (SSSR count). The van der Waals surface area contributed by atoms with Gasteiger partial charge >= 0.3 is 0 Å². The summed E-state index contributed by atoms with van der Waals surface area (Å²) in [6.45, 7) is 2.53. The molecule has 0 spiro atoms. The molecule has 2 N–H and O–H groups in total. The van der Waals surface area contributed by atoms with E-state index in [0.717, 1.165) is 30.4 Å². The zero-order chi connectivity index (χ0) is 12.8. The Bertz CT molecular complexity index is 367. The number of hydrogen-bond donors (Lipinski definition) is 1. The topological polar surface area (TPSA) is 35.2 Å². The van der Waals surface area contributed by atoms with Crippen LogP contribution in [0.1, 0.15) is 36.0 Å². The average Bonchev–Trinajstić information content (AvgIpc) is 2.30. The smallest absolute Gasteiger partial charge is 0.267 e. The number of hydrogen-bond acceptors (Lipinski definition) is 2. The lowest BCUT2D eigenvalue weighted by Crippen LogP contribution is -2.03. The van der Waals surface area contributed by atoms with E-state index >= 15 is 0 Å². The molecule has 17 heavy (non-hydrogen) atoms. The monoisotopic (exact) mass is 243 g/mol. The number of rotatable bonds is 6. The van der Waals surface area contributed by atoms with Gasteiger partial charge in [0, 0.05) is 0 Å². The third kappa shape index (κ3) is 3.40. The van der Waals surface area contributed by atoms with E-state index in [1.54, 1.807) is 6.07 Å². The molecule has 96 valence electrons. The molecule has 0 aliphatic heterocycles. The van der Waals surface area contributed by atoms with Crippen molar-refractivity contribution in [3.05, 3.63) is 28.8 Å². The molecular weight excluding hydrogens is 224 g/mol. The molecule has 0 unspecified atom stereocenters. The standard InChI is InChI=1S/C13H19F2NO/c1-9-6-7-11(13(14)15)12(17-2)10(9)5-3-4-8-16/h6-7,13H,3-5,8,16H2,1-2H3. The maximum Gasteiger partial charge on any atom is 0.267 e. The molecular formula is C13H19F2NO. The van der Waals surface area contributed by atoms with Gasteiger partial charge in [-0.25, -0.2) is 8.78 Å². The number of nitrogens with two attached hydrogens (primary N) is 1. The Morgan fingerprint density at radius 1 is 1.29 bits per heavy atom. The average molecular weight is 243 g/mol. The minimum Gasteiger partial charge on any atom is -0.496 e. The number of alkyl halides is 2. The minimum atomic E-state index is -2.50.